The topological polar surface area (TPSA) is 52.3 Å². The Morgan fingerprint density at radius 1 is 1.22 bits per heavy atom. The largest absolute Gasteiger partial charge is 0.465 e. The Morgan fingerprint density at radius 3 is 2.50 bits per heavy atom. The van der Waals surface area contributed by atoms with Crippen LogP contribution in [0.1, 0.15) is 10.4 Å². The third-order valence-electron chi connectivity index (χ3n) is 2.61. The fourth-order valence-corrected chi connectivity index (χ4v) is 2.28. The maximum absolute atomic E-state index is 11.8. The Kier molecular flexibility index (Phi) is 3.67. The van der Waals surface area contributed by atoms with Crippen LogP contribution in [-0.4, -0.2) is 13.1 Å². The van der Waals surface area contributed by atoms with Crippen LogP contribution in [0.15, 0.2) is 46.9 Å². The van der Waals surface area contributed by atoms with E-state index in [1.54, 1.807) is 6.07 Å². The summed E-state index contributed by atoms with van der Waals surface area (Å²) in [7, 11) is 1.35. The molecule has 4 heteroatoms. The Bertz CT molecular complexity index is 582. The van der Waals surface area contributed by atoms with Gasteiger partial charge in [0, 0.05) is 10.2 Å². The summed E-state index contributed by atoms with van der Waals surface area (Å²) >= 11 is 3.38. The van der Waals surface area contributed by atoms with Crippen LogP contribution in [0.4, 0.5) is 5.69 Å². The summed E-state index contributed by atoms with van der Waals surface area (Å²) < 4.78 is 5.61. The smallest absolute Gasteiger partial charge is 0.340 e. The first kappa shape index (κ1) is 12.6. The molecule has 18 heavy (non-hydrogen) atoms. The second-order valence-electron chi connectivity index (χ2n) is 3.78. The van der Waals surface area contributed by atoms with Crippen molar-refractivity contribution in [1.82, 2.24) is 0 Å². The number of carbonyl (C=O) groups is 1. The number of anilines is 1. The fourth-order valence-electron chi connectivity index (χ4n) is 1.80. The van der Waals surface area contributed by atoms with Crippen molar-refractivity contribution in [3.8, 4) is 11.1 Å². The van der Waals surface area contributed by atoms with Gasteiger partial charge in [-0.1, -0.05) is 46.3 Å². The van der Waals surface area contributed by atoms with Crippen molar-refractivity contribution < 1.29 is 9.53 Å². The van der Waals surface area contributed by atoms with Gasteiger partial charge in [0.2, 0.25) is 0 Å². The number of hydrogen-bond acceptors (Lipinski definition) is 3. The maximum Gasteiger partial charge on any atom is 0.340 e. The number of hydrogen-bond donors (Lipinski definition) is 1. The average Bonchev–Trinajstić information content (AvgIpc) is 2.38. The summed E-state index contributed by atoms with van der Waals surface area (Å²) in [4.78, 5) is 11.8. The predicted molar refractivity (Wildman–Crippen MR) is 75.3 cm³/mol. The average molecular weight is 306 g/mol. The minimum atomic E-state index is -0.432. The molecule has 0 aliphatic carbocycles. The standard InChI is InChI=1S/C14H12BrNO2/c1-18-14(17)13-11(7-10(15)8-12(13)16)9-5-3-2-4-6-9/h2-8H,16H2,1H3. The zero-order valence-corrected chi connectivity index (χ0v) is 11.4. The summed E-state index contributed by atoms with van der Waals surface area (Å²) in [6, 6.07) is 13.1. The van der Waals surface area contributed by atoms with Gasteiger partial charge < -0.3 is 10.5 Å². The molecule has 0 fully saturated rings. The van der Waals surface area contributed by atoms with Crippen LogP contribution >= 0.6 is 15.9 Å². The van der Waals surface area contributed by atoms with Gasteiger partial charge in [0.25, 0.3) is 0 Å². The van der Waals surface area contributed by atoms with Crippen molar-refractivity contribution in [3.63, 3.8) is 0 Å². The maximum atomic E-state index is 11.8. The van der Waals surface area contributed by atoms with Crippen LogP contribution in [0, 0.1) is 0 Å². The normalized spacial score (nSPS) is 10.1. The highest BCUT2D eigenvalue weighted by molar-refractivity contribution is 9.10. The Hall–Kier alpha value is -1.81. The molecule has 0 aliphatic rings. The van der Waals surface area contributed by atoms with Crippen LogP contribution in [0.3, 0.4) is 0 Å². The van der Waals surface area contributed by atoms with Crippen LogP contribution in [0.5, 0.6) is 0 Å². The molecule has 0 saturated carbocycles. The molecule has 0 aliphatic heterocycles. The van der Waals surface area contributed by atoms with Gasteiger partial charge in [-0.15, -0.1) is 0 Å². The lowest BCUT2D eigenvalue weighted by molar-refractivity contribution is 0.0603. The first-order valence-corrected chi connectivity index (χ1v) is 6.15. The predicted octanol–water partition coefficient (Wildman–Crippen LogP) is 3.48. The van der Waals surface area contributed by atoms with Crippen molar-refractivity contribution in [2.75, 3.05) is 12.8 Å². The zero-order valence-electron chi connectivity index (χ0n) is 9.81. The molecule has 0 amide bonds. The zero-order chi connectivity index (χ0) is 13.1. The van der Waals surface area contributed by atoms with Gasteiger partial charge in [0.05, 0.1) is 12.7 Å². The lowest BCUT2D eigenvalue weighted by Gasteiger charge is -2.11. The first-order valence-electron chi connectivity index (χ1n) is 5.36. The highest BCUT2D eigenvalue weighted by Crippen LogP contribution is 2.32. The minimum Gasteiger partial charge on any atom is -0.465 e. The lowest BCUT2D eigenvalue weighted by Crippen LogP contribution is -2.08. The fraction of sp³-hybridized carbons (Fsp3) is 0.0714. The number of carbonyl (C=O) groups excluding carboxylic acids is 1. The number of nitrogen functional groups attached to an aromatic ring is 1. The molecule has 0 radical (unpaired) electrons. The third kappa shape index (κ3) is 2.38. The Morgan fingerprint density at radius 2 is 1.89 bits per heavy atom. The number of rotatable bonds is 2. The van der Waals surface area contributed by atoms with E-state index in [-0.39, 0.29) is 0 Å². The third-order valence-corrected chi connectivity index (χ3v) is 3.07. The van der Waals surface area contributed by atoms with Crippen LogP contribution in [0.25, 0.3) is 11.1 Å². The van der Waals surface area contributed by atoms with Crippen molar-refractivity contribution >= 4 is 27.6 Å². The summed E-state index contributed by atoms with van der Waals surface area (Å²) in [5.41, 5.74) is 8.38. The summed E-state index contributed by atoms with van der Waals surface area (Å²) in [5.74, 6) is -0.432. The summed E-state index contributed by atoms with van der Waals surface area (Å²) in [6.07, 6.45) is 0. The van der Waals surface area contributed by atoms with Gasteiger partial charge in [-0.2, -0.15) is 0 Å². The van der Waals surface area contributed by atoms with Gasteiger partial charge in [-0.3, -0.25) is 0 Å². The highest BCUT2D eigenvalue weighted by Gasteiger charge is 2.17. The molecule has 0 atom stereocenters. The van der Waals surface area contributed by atoms with E-state index >= 15 is 0 Å². The number of benzene rings is 2. The van der Waals surface area contributed by atoms with E-state index in [1.807, 2.05) is 36.4 Å². The van der Waals surface area contributed by atoms with Gasteiger partial charge >= 0.3 is 5.97 Å². The number of esters is 1. The van der Waals surface area contributed by atoms with Gasteiger partial charge in [-0.05, 0) is 23.3 Å². The van der Waals surface area contributed by atoms with Crippen LogP contribution < -0.4 is 5.73 Å². The minimum absolute atomic E-state index is 0.395. The monoisotopic (exact) mass is 305 g/mol. The molecule has 2 N–H and O–H groups in total. The van der Waals surface area contributed by atoms with Crippen molar-refractivity contribution in [3.05, 3.63) is 52.5 Å². The molecule has 0 heterocycles. The molecule has 0 unspecified atom stereocenters. The molecule has 2 aromatic rings. The Balaban J connectivity index is 2.69. The van der Waals surface area contributed by atoms with Gasteiger partial charge in [0.15, 0.2) is 0 Å². The molecule has 0 saturated heterocycles. The van der Waals surface area contributed by atoms with Crippen LogP contribution in [-0.2, 0) is 4.74 Å². The molecule has 2 aromatic carbocycles. The summed E-state index contributed by atoms with van der Waals surface area (Å²) in [5, 5.41) is 0. The number of nitrogens with two attached hydrogens (primary N) is 1. The first-order chi connectivity index (χ1) is 8.63. The highest BCUT2D eigenvalue weighted by atomic mass is 79.9. The lowest BCUT2D eigenvalue weighted by atomic mass is 9.98. The van der Waals surface area contributed by atoms with E-state index in [4.69, 9.17) is 10.5 Å². The van der Waals surface area contributed by atoms with Crippen molar-refractivity contribution in [2.45, 2.75) is 0 Å². The molecule has 0 aromatic heterocycles. The van der Waals surface area contributed by atoms with Crippen molar-refractivity contribution in [2.24, 2.45) is 0 Å². The second kappa shape index (κ2) is 5.23. The van der Waals surface area contributed by atoms with Gasteiger partial charge in [0.1, 0.15) is 0 Å². The molecule has 3 nitrogen and oxygen atoms in total. The molecular weight excluding hydrogens is 294 g/mol. The molecule has 92 valence electrons. The van der Waals surface area contributed by atoms with E-state index in [1.165, 1.54) is 7.11 Å². The Labute approximate surface area is 114 Å². The molecule has 0 bridgehead atoms. The van der Waals surface area contributed by atoms with Gasteiger partial charge in [-0.25, -0.2) is 4.79 Å². The van der Waals surface area contributed by atoms with E-state index in [2.05, 4.69) is 15.9 Å². The van der Waals surface area contributed by atoms with Crippen LogP contribution in [0.2, 0.25) is 0 Å². The van der Waals surface area contributed by atoms with Crippen molar-refractivity contribution in [1.29, 1.82) is 0 Å². The number of methoxy groups -OCH3 is 1. The number of halogens is 1. The van der Waals surface area contributed by atoms with E-state index in [0.29, 0.717) is 11.3 Å². The molecular formula is C14H12BrNO2. The molecule has 2 rings (SSSR count). The van der Waals surface area contributed by atoms with E-state index in [9.17, 15) is 4.79 Å². The quantitative estimate of drug-likeness (QED) is 0.682. The van der Waals surface area contributed by atoms with E-state index in [0.717, 1.165) is 15.6 Å². The number of ether oxygens (including phenoxy) is 1. The SMILES string of the molecule is COC(=O)c1c(N)cc(Br)cc1-c1ccccc1. The second-order valence-corrected chi connectivity index (χ2v) is 4.69. The van der Waals surface area contributed by atoms with E-state index < -0.39 is 5.97 Å². The summed E-state index contributed by atoms with van der Waals surface area (Å²) in [6.45, 7) is 0. The molecule has 0 spiro atoms.